The molecule has 1 aromatic carbocycles. The first-order chi connectivity index (χ1) is 11.3. The summed E-state index contributed by atoms with van der Waals surface area (Å²) in [6.45, 7) is 5.53. The van der Waals surface area contributed by atoms with E-state index in [4.69, 9.17) is 9.47 Å². The zero-order valence-electron chi connectivity index (χ0n) is 13.8. The number of para-hydroxylation sites is 1. The van der Waals surface area contributed by atoms with E-state index in [1.165, 1.54) is 11.3 Å². The Morgan fingerprint density at radius 3 is 3.04 bits per heavy atom. The monoisotopic (exact) mass is 348 g/mol. The number of carbonyl (C=O) groups excluding carboxylic acids is 1. The standard InChI is InChI=1S/C17H20N2O4S/c1-10(20)12-9-24-16(18-12)19-14(21)8-22-13-6-4-5-11-7-17(2,3)23-15(11)13/h4-6,9-10,20H,7-8H2,1-3H3,(H,18,19,21). The van der Waals surface area contributed by atoms with Gasteiger partial charge in [-0.1, -0.05) is 12.1 Å². The van der Waals surface area contributed by atoms with E-state index < -0.39 is 6.10 Å². The molecule has 2 aromatic rings. The number of nitrogens with one attached hydrogen (secondary N) is 1. The predicted octanol–water partition coefficient (Wildman–Crippen LogP) is 2.93. The summed E-state index contributed by atoms with van der Waals surface area (Å²) in [6, 6.07) is 5.69. The van der Waals surface area contributed by atoms with Crippen molar-refractivity contribution in [1.82, 2.24) is 4.98 Å². The molecular weight excluding hydrogens is 328 g/mol. The number of carbonyl (C=O) groups is 1. The first-order valence-electron chi connectivity index (χ1n) is 7.71. The van der Waals surface area contributed by atoms with E-state index in [1.807, 2.05) is 26.0 Å². The Kier molecular flexibility index (Phi) is 4.47. The molecule has 1 aromatic heterocycles. The normalized spacial score (nSPS) is 16.2. The molecule has 0 spiro atoms. The van der Waals surface area contributed by atoms with E-state index in [9.17, 15) is 9.90 Å². The first-order valence-corrected chi connectivity index (χ1v) is 8.59. The number of nitrogens with zero attached hydrogens (tertiary/aromatic N) is 1. The van der Waals surface area contributed by atoms with Crippen molar-refractivity contribution in [3.05, 3.63) is 34.8 Å². The lowest BCUT2D eigenvalue weighted by Gasteiger charge is -2.18. The number of amides is 1. The predicted molar refractivity (Wildman–Crippen MR) is 91.7 cm³/mol. The van der Waals surface area contributed by atoms with Crippen LogP contribution in [-0.4, -0.2) is 28.2 Å². The summed E-state index contributed by atoms with van der Waals surface area (Å²) in [4.78, 5) is 16.2. The van der Waals surface area contributed by atoms with Crippen molar-refractivity contribution >= 4 is 22.4 Å². The Hall–Kier alpha value is -2.12. The van der Waals surface area contributed by atoms with Crippen molar-refractivity contribution in [3.63, 3.8) is 0 Å². The second-order valence-corrected chi connectivity index (χ2v) is 7.23. The second-order valence-electron chi connectivity index (χ2n) is 6.37. The summed E-state index contributed by atoms with van der Waals surface area (Å²) >= 11 is 1.26. The molecule has 2 N–H and O–H groups in total. The van der Waals surface area contributed by atoms with Crippen molar-refractivity contribution < 1.29 is 19.4 Å². The zero-order chi connectivity index (χ0) is 17.3. The van der Waals surface area contributed by atoms with Crippen LogP contribution in [0.2, 0.25) is 0 Å². The quantitative estimate of drug-likeness (QED) is 0.868. The summed E-state index contributed by atoms with van der Waals surface area (Å²) in [6.07, 6.45) is 0.156. The molecule has 128 valence electrons. The minimum atomic E-state index is -0.657. The molecule has 7 heteroatoms. The Balaban J connectivity index is 1.60. The molecule has 0 fully saturated rings. The maximum absolute atomic E-state index is 12.0. The van der Waals surface area contributed by atoms with E-state index in [-0.39, 0.29) is 18.1 Å². The summed E-state index contributed by atoms with van der Waals surface area (Å²) in [5.41, 5.74) is 1.36. The number of ether oxygens (including phenoxy) is 2. The second kappa shape index (κ2) is 6.41. The van der Waals surface area contributed by atoms with Gasteiger partial charge in [-0.15, -0.1) is 11.3 Å². The average molecular weight is 348 g/mol. The Bertz CT molecular complexity index is 755. The SMILES string of the molecule is CC(O)c1csc(NC(=O)COc2cccc3c2OC(C)(C)C3)n1. The van der Waals surface area contributed by atoms with Gasteiger partial charge in [-0.3, -0.25) is 10.1 Å². The van der Waals surface area contributed by atoms with Crippen LogP contribution in [0.25, 0.3) is 0 Å². The number of anilines is 1. The van der Waals surface area contributed by atoms with E-state index in [0.29, 0.717) is 22.3 Å². The third kappa shape index (κ3) is 3.68. The van der Waals surface area contributed by atoms with Gasteiger partial charge in [0.25, 0.3) is 5.91 Å². The summed E-state index contributed by atoms with van der Waals surface area (Å²) in [7, 11) is 0. The minimum absolute atomic E-state index is 0.135. The molecule has 1 aliphatic heterocycles. The van der Waals surface area contributed by atoms with Gasteiger partial charge < -0.3 is 14.6 Å². The molecule has 2 heterocycles. The van der Waals surface area contributed by atoms with Crippen LogP contribution < -0.4 is 14.8 Å². The lowest BCUT2D eigenvalue weighted by Crippen LogP contribution is -2.25. The van der Waals surface area contributed by atoms with Crippen molar-refractivity contribution in [2.45, 2.75) is 38.9 Å². The third-order valence-electron chi connectivity index (χ3n) is 3.61. The van der Waals surface area contributed by atoms with E-state index >= 15 is 0 Å². The summed E-state index contributed by atoms with van der Waals surface area (Å²) in [5, 5.41) is 14.3. The molecule has 0 aliphatic carbocycles. The molecular formula is C17H20N2O4S. The van der Waals surface area contributed by atoms with Crippen molar-refractivity contribution in [2.75, 3.05) is 11.9 Å². The van der Waals surface area contributed by atoms with Gasteiger partial charge in [0, 0.05) is 17.4 Å². The van der Waals surface area contributed by atoms with Crippen LogP contribution in [0.15, 0.2) is 23.6 Å². The fraction of sp³-hybridized carbons (Fsp3) is 0.412. The van der Waals surface area contributed by atoms with E-state index in [0.717, 1.165) is 12.0 Å². The van der Waals surface area contributed by atoms with Crippen molar-refractivity contribution in [3.8, 4) is 11.5 Å². The molecule has 0 saturated heterocycles. The van der Waals surface area contributed by atoms with Crippen LogP contribution in [0.4, 0.5) is 5.13 Å². The van der Waals surface area contributed by atoms with Crippen molar-refractivity contribution in [1.29, 1.82) is 0 Å². The fourth-order valence-corrected chi connectivity index (χ4v) is 3.35. The number of aliphatic hydroxyl groups excluding tert-OH is 1. The highest BCUT2D eigenvalue weighted by molar-refractivity contribution is 7.13. The third-order valence-corrected chi connectivity index (χ3v) is 4.39. The first kappa shape index (κ1) is 16.7. The highest BCUT2D eigenvalue weighted by Crippen LogP contribution is 2.41. The number of fused-ring (bicyclic) bond motifs is 1. The molecule has 6 nitrogen and oxygen atoms in total. The Morgan fingerprint density at radius 2 is 2.33 bits per heavy atom. The number of thiazole rings is 1. The molecule has 1 amide bonds. The molecule has 24 heavy (non-hydrogen) atoms. The Morgan fingerprint density at radius 1 is 1.54 bits per heavy atom. The highest BCUT2D eigenvalue weighted by atomic mass is 32.1. The molecule has 3 rings (SSSR count). The van der Waals surface area contributed by atoms with Gasteiger partial charge >= 0.3 is 0 Å². The molecule has 1 atom stereocenters. The van der Waals surface area contributed by atoms with E-state index in [1.54, 1.807) is 18.4 Å². The van der Waals surface area contributed by atoms with E-state index in [2.05, 4.69) is 10.3 Å². The molecule has 0 radical (unpaired) electrons. The molecule has 0 saturated carbocycles. The van der Waals surface area contributed by atoms with Gasteiger partial charge in [0.05, 0.1) is 11.8 Å². The molecule has 1 aliphatic rings. The largest absolute Gasteiger partial charge is 0.483 e. The lowest BCUT2D eigenvalue weighted by atomic mass is 10.0. The van der Waals surface area contributed by atoms with Crippen LogP contribution in [0.3, 0.4) is 0 Å². The summed E-state index contributed by atoms with van der Waals surface area (Å²) < 4.78 is 11.5. The van der Waals surface area contributed by atoms with Gasteiger partial charge in [0.15, 0.2) is 23.2 Å². The van der Waals surface area contributed by atoms with Gasteiger partial charge in [0.2, 0.25) is 0 Å². The van der Waals surface area contributed by atoms with Gasteiger partial charge in [-0.25, -0.2) is 4.98 Å². The zero-order valence-corrected chi connectivity index (χ0v) is 14.6. The number of rotatable bonds is 5. The number of aromatic nitrogens is 1. The summed E-state index contributed by atoms with van der Waals surface area (Å²) in [5.74, 6) is 0.967. The molecule has 0 bridgehead atoms. The topological polar surface area (TPSA) is 80.7 Å². The average Bonchev–Trinajstić information content (AvgIpc) is 3.07. The minimum Gasteiger partial charge on any atom is -0.483 e. The smallest absolute Gasteiger partial charge is 0.264 e. The van der Waals surface area contributed by atoms with Gasteiger partial charge in [-0.2, -0.15) is 0 Å². The highest BCUT2D eigenvalue weighted by Gasteiger charge is 2.32. The van der Waals surface area contributed by atoms with Gasteiger partial charge in [0.1, 0.15) is 5.60 Å². The van der Waals surface area contributed by atoms with Crippen LogP contribution in [0, 0.1) is 0 Å². The maximum atomic E-state index is 12.0. The fourth-order valence-electron chi connectivity index (χ4n) is 2.54. The van der Waals surface area contributed by atoms with Crippen LogP contribution >= 0.6 is 11.3 Å². The lowest BCUT2D eigenvalue weighted by molar-refractivity contribution is -0.118. The number of hydrogen-bond acceptors (Lipinski definition) is 6. The number of benzene rings is 1. The maximum Gasteiger partial charge on any atom is 0.264 e. The number of hydrogen-bond donors (Lipinski definition) is 2. The van der Waals surface area contributed by atoms with Crippen LogP contribution in [0.5, 0.6) is 11.5 Å². The van der Waals surface area contributed by atoms with Gasteiger partial charge in [-0.05, 0) is 26.8 Å². The Labute approximate surface area is 144 Å². The number of aliphatic hydroxyl groups is 1. The van der Waals surface area contributed by atoms with Crippen molar-refractivity contribution in [2.24, 2.45) is 0 Å². The van der Waals surface area contributed by atoms with Crippen LogP contribution in [0.1, 0.15) is 38.1 Å². The van der Waals surface area contributed by atoms with Crippen LogP contribution in [-0.2, 0) is 11.2 Å². The molecule has 1 unspecified atom stereocenters.